The van der Waals surface area contributed by atoms with Crippen molar-refractivity contribution in [3.8, 4) is 0 Å². The lowest BCUT2D eigenvalue weighted by Gasteiger charge is -2.42. The van der Waals surface area contributed by atoms with Gasteiger partial charge in [0.15, 0.2) is 5.60 Å². The number of piperidine rings is 1. The van der Waals surface area contributed by atoms with Crippen molar-refractivity contribution in [3.05, 3.63) is 35.9 Å². The Morgan fingerprint density at radius 3 is 2.61 bits per heavy atom. The summed E-state index contributed by atoms with van der Waals surface area (Å²) in [5.74, 6) is 0. The Balaban J connectivity index is 2.03. The quantitative estimate of drug-likeness (QED) is 0.922. The molecule has 1 aliphatic heterocycles. The highest BCUT2D eigenvalue weighted by molar-refractivity contribution is 5.68. The molecule has 0 saturated carbocycles. The molecule has 1 aromatic rings. The number of likely N-dealkylation sites (tertiary alicyclic amines) is 1. The smallest absolute Gasteiger partial charge is 0.419 e. The van der Waals surface area contributed by atoms with Gasteiger partial charge in [-0.15, -0.1) is 0 Å². The number of β-amino-alcohol motifs (C(OH)–C–C–N with tert-alkyl or cyclic N) is 1. The van der Waals surface area contributed by atoms with Crippen LogP contribution in [0, 0.1) is 0 Å². The molecule has 0 aliphatic carbocycles. The molecule has 23 heavy (non-hydrogen) atoms. The summed E-state index contributed by atoms with van der Waals surface area (Å²) in [7, 11) is 1.24. The van der Waals surface area contributed by atoms with E-state index in [1.54, 1.807) is 30.3 Å². The van der Waals surface area contributed by atoms with Gasteiger partial charge in [-0.05, 0) is 5.56 Å². The minimum atomic E-state index is -4.86. The average molecular weight is 333 g/mol. The number of hydrogen-bond donors (Lipinski definition) is 1. The molecule has 1 fully saturated rings. The largest absolute Gasteiger partial charge is 0.445 e. The van der Waals surface area contributed by atoms with Gasteiger partial charge >= 0.3 is 12.3 Å². The predicted octanol–water partition coefficient (Wildman–Crippen LogP) is 2.34. The van der Waals surface area contributed by atoms with Gasteiger partial charge in [0.25, 0.3) is 0 Å². The summed E-state index contributed by atoms with van der Waals surface area (Å²) >= 11 is 0. The van der Waals surface area contributed by atoms with Gasteiger partial charge < -0.3 is 19.5 Å². The van der Waals surface area contributed by atoms with Gasteiger partial charge in [-0.3, -0.25) is 0 Å². The highest BCUT2D eigenvalue weighted by atomic mass is 19.4. The molecule has 1 saturated heterocycles. The number of rotatable bonds is 3. The number of hydrogen-bond acceptors (Lipinski definition) is 4. The van der Waals surface area contributed by atoms with E-state index in [4.69, 9.17) is 9.47 Å². The molecule has 128 valence electrons. The van der Waals surface area contributed by atoms with Crippen LogP contribution < -0.4 is 0 Å². The number of ether oxygens (including phenoxy) is 2. The van der Waals surface area contributed by atoms with Crippen LogP contribution in [0.4, 0.5) is 18.0 Å². The van der Waals surface area contributed by atoms with Crippen LogP contribution in [-0.2, 0) is 16.1 Å². The maximum absolute atomic E-state index is 13.0. The number of methoxy groups -OCH3 is 1. The fourth-order valence-corrected chi connectivity index (χ4v) is 2.44. The van der Waals surface area contributed by atoms with Gasteiger partial charge in [0.2, 0.25) is 0 Å². The number of amides is 1. The van der Waals surface area contributed by atoms with Crippen LogP contribution in [-0.4, -0.2) is 54.2 Å². The highest BCUT2D eigenvalue weighted by Gasteiger charge is 2.58. The molecule has 0 radical (unpaired) electrons. The number of aliphatic hydroxyl groups is 1. The first-order chi connectivity index (χ1) is 10.7. The van der Waals surface area contributed by atoms with Crippen LogP contribution in [0.3, 0.4) is 0 Å². The summed E-state index contributed by atoms with van der Waals surface area (Å²) in [4.78, 5) is 12.8. The zero-order valence-corrected chi connectivity index (χ0v) is 12.5. The first-order valence-corrected chi connectivity index (χ1v) is 7.03. The average Bonchev–Trinajstić information content (AvgIpc) is 2.52. The van der Waals surface area contributed by atoms with Crippen LogP contribution in [0.1, 0.15) is 12.0 Å². The molecule has 5 nitrogen and oxygen atoms in total. The van der Waals surface area contributed by atoms with Crippen LogP contribution in [0.5, 0.6) is 0 Å². The lowest BCUT2D eigenvalue weighted by atomic mass is 9.90. The van der Waals surface area contributed by atoms with E-state index in [0.717, 1.165) is 4.90 Å². The van der Waals surface area contributed by atoms with E-state index in [9.17, 15) is 23.1 Å². The Labute approximate surface area is 131 Å². The second kappa shape index (κ2) is 6.76. The monoisotopic (exact) mass is 333 g/mol. The van der Waals surface area contributed by atoms with Crippen LogP contribution in [0.25, 0.3) is 0 Å². The molecule has 2 atom stereocenters. The first-order valence-electron chi connectivity index (χ1n) is 7.03. The van der Waals surface area contributed by atoms with Crippen molar-refractivity contribution in [1.29, 1.82) is 0 Å². The van der Waals surface area contributed by atoms with Gasteiger partial charge in [-0.1, -0.05) is 30.3 Å². The van der Waals surface area contributed by atoms with Crippen LogP contribution in [0.2, 0.25) is 0 Å². The van der Waals surface area contributed by atoms with Crippen molar-refractivity contribution >= 4 is 6.09 Å². The number of benzene rings is 1. The van der Waals surface area contributed by atoms with Gasteiger partial charge in [-0.2, -0.15) is 13.2 Å². The predicted molar refractivity (Wildman–Crippen MR) is 74.6 cm³/mol. The maximum Gasteiger partial charge on any atom is 0.419 e. The Bertz CT molecular complexity index is 537. The Kier molecular flexibility index (Phi) is 5.16. The number of halogens is 3. The van der Waals surface area contributed by atoms with E-state index in [2.05, 4.69) is 0 Å². The van der Waals surface area contributed by atoms with Crippen molar-refractivity contribution < 1.29 is 32.5 Å². The molecule has 1 aromatic carbocycles. The van der Waals surface area contributed by atoms with Crippen molar-refractivity contribution in [1.82, 2.24) is 4.90 Å². The fourth-order valence-electron chi connectivity index (χ4n) is 2.44. The first kappa shape index (κ1) is 17.6. The molecule has 0 spiro atoms. The Morgan fingerprint density at radius 1 is 1.39 bits per heavy atom. The molecule has 0 unspecified atom stereocenters. The van der Waals surface area contributed by atoms with Crippen LogP contribution in [0.15, 0.2) is 30.3 Å². The van der Waals surface area contributed by atoms with Crippen molar-refractivity contribution in [3.63, 3.8) is 0 Å². The maximum atomic E-state index is 13.0. The third-order valence-electron chi connectivity index (χ3n) is 3.77. The minimum Gasteiger partial charge on any atom is -0.445 e. The van der Waals surface area contributed by atoms with E-state index < -0.39 is 36.9 Å². The molecule has 1 N–H and O–H groups in total. The summed E-state index contributed by atoms with van der Waals surface area (Å²) in [6.07, 6.45) is -7.31. The molecule has 0 aromatic heterocycles. The van der Waals surface area contributed by atoms with E-state index in [1.165, 1.54) is 7.11 Å². The standard InChI is InChI=1S/C15H18F3NO4/c1-22-12-7-14(21,15(16,17)18)10-19(8-12)13(20)23-9-11-5-3-2-4-6-11/h2-6,12,21H,7-10H2,1H3/t12-,14+/m0/s1. The molecular weight excluding hydrogens is 315 g/mol. The molecule has 1 amide bonds. The normalized spacial score (nSPS) is 25.3. The molecule has 1 aliphatic rings. The third kappa shape index (κ3) is 4.14. The van der Waals surface area contributed by atoms with Crippen molar-refractivity contribution in [2.45, 2.75) is 30.9 Å². The summed E-state index contributed by atoms with van der Waals surface area (Å²) in [5.41, 5.74) is -2.29. The van der Waals surface area contributed by atoms with Crippen molar-refractivity contribution in [2.24, 2.45) is 0 Å². The third-order valence-corrected chi connectivity index (χ3v) is 3.77. The van der Waals surface area contributed by atoms with Gasteiger partial charge in [0.1, 0.15) is 6.61 Å². The van der Waals surface area contributed by atoms with Gasteiger partial charge in [0.05, 0.1) is 19.2 Å². The summed E-state index contributed by atoms with van der Waals surface area (Å²) in [6.45, 7) is -0.995. The summed E-state index contributed by atoms with van der Waals surface area (Å²) < 4.78 is 49.1. The second-order valence-corrected chi connectivity index (χ2v) is 5.51. The summed E-state index contributed by atoms with van der Waals surface area (Å²) in [5, 5.41) is 9.86. The van der Waals surface area contributed by atoms with Gasteiger partial charge in [0, 0.05) is 13.5 Å². The fraction of sp³-hybridized carbons (Fsp3) is 0.533. The molecule has 1 heterocycles. The van der Waals surface area contributed by atoms with Crippen LogP contribution >= 0.6 is 0 Å². The Hall–Kier alpha value is -1.80. The van der Waals surface area contributed by atoms with Gasteiger partial charge in [-0.25, -0.2) is 4.79 Å². The number of nitrogens with zero attached hydrogens (tertiary/aromatic N) is 1. The minimum absolute atomic E-state index is 0.0573. The Morgan fingerprint density at radius 2 is 2.04 bits per heavy atom. The summed E-state index contributed by atoms with van der Waals surface area (Å²) in [6, 6.07) is 8.77. The number of alkyl halides is 3. The van der Waals surface area contributed by atoms with E-state index in [0.29, 0.717) is 5.56 Å². The van der Waals surface area contributed by atoms with Crippen molar-refractivity contribution in [2.75, 3.05) is 20.2 Å². The number of carbonyl (C=O) groups excluding carboxylic acids is 1. The topological polar surface area (TPSA) is 59.0 Å². The molecule has 0 bridgehead atoms. The lowest BCUT2D eigenvalue weighted by Crippen LogP contribution is -2.62. The highest BCUT2D eigenvalue weighted by Crippen LogP contribution is 2.38. The van der Waals surface area contributed by atoms with E-state index >= 15 is 0 Å². The zero-order chi connectivity index (χ0) is 17.1. The molecular formula is C15H18F3NO4. The van der Waals surface area contributed by atoms with E-state index in [1.807, 2.05) is 0 Å². The molecule has 8 heteroatoms. The molecule has 2 rings (SSSR count). The lowest BCUT2D eigenvalue weighted by molar-refractivity contribution is -0.281. The second-order valence-electron chi connectivity index (χ2n) is 5.51. The SMILES string of the molecule is CO[C@@H]1CN(C(=O)OCc2ccccc2)C[C@@](O)(C(F)(F)F)C1. The number of carbonyl (C=O) groups is 1. The zero-order valence-electron chi connectivity index (χ0n) is 12.5. The van der Waals surface area contributed by atoms with E-state index in [-0.39, 0.29) is 13.2 Å².